The van der Waals surface area contributed by atoms with E-state index < -0.39 is 0 Å². The number of nitrogens with zero attached hydrogens (tertiary/aromatic N) is 2. The van der Waals surface area contributed by atoms with Crippen molar-refractivity contribution in [3.63, 3.8) is 0 Å². The van der Waals surface area contributed by atoms with E-state index in [1.807, 2.05) is 36.4 Å². The van der Waals surface area contributed by atoms with E-state index in [0.29, 0.717) is 6.61 Å². The van der Waals surface area contributed by atoms with Crippen molar-refractivity contribution in [2.75, 3.05) is 38.1 Å². The van der Waals surface area contributed by atoms with Gasteiger partial charge in [-0.05, 0) is 50.8 Å². The first-order valence-corrected chi connectivity index (χ1v) is 10.6. The average Bonchev–Trinajstić information content (AvgIpc) is 2.77. The van der Waals surface area contributed by atoms with Crippen molar-refractivity contribution in [2.24, 2.45) is 4.99 Å². The number of anilines is 1. The molecule has 0 aliphatic heterocycles. The Morgan fingerprint density at radius 1 is 1.00 bits per heavy atom. The lowest BCUT2D eigenvalue weighted by Gasteiger charge is -2.13. The third-order valence-corrected chi connectivity index (χ3v) is 4.42. The van der Waals surface area contributed by atoms with Gasteiger partial charge in [-0.25, -0.2) is 4.98 Å². The quantitative estimate of drug-likeness (QED) is 0.154. The number of rotatable bonds is 13. The van der Waals surface area contributed by atoms with Gasteiger partial charge in [-0.3, -0.25) is 4.99 Å². The number of nitrogens with one attached hydrogen (secondary N) is 3. The van der Waals surface area contributed by atoms with Crippen molar-refractivity contribution in [1.82, 2.24) is 15.6 Å². The topological polar surface area (TPSA) is 70.6 Å². The molecule has 1 atom stereocenters. The molecule has 0 saturated heterocycles. The Hall–Kier alpha value is -1.87. The molecular weight excluding hydrogens is 489 g/mol. The van der Waals surface area contributed by atoms with Crippen molar-refractivity contribution in [3.05, 3.63) is 60.3 Å². The van der Waals surface area contributed by atoms with E-state index in [1.54, 1.807) is 6.20 Å². The highest BCUT2D eigenvalue weighted by Crippen LogP contribution is 2.15. The first kappa shape index (κ1) is 26.2. The summed E-state index contributed by atoms with van der Waals surface area (Å²) in [5.74, 6) is 1.81. The van der Waals surface area contributed by atoms with Gasteiger partial charge < -0.3 is 20.7 Å². The van der Waals surface area contributed by atoms with Crippen molar-refractivity contribution in [2.45, 2.75) is 39.2 Å². The Morgan fingerprint density at radius 2 is 1.77 bits per heavy atom. The summed E-state index contributed by atoms with van der Waals surface area (Å²) in [6, 6.07) is 16.2. The molecule has 6 nitrogen and oxygen atoms in total. The van der Waals surface area contributed by atoms with Gasteiger partial charge in [0.2, 0.25) is 0 Å². The number of aromatic nitrogens is 1. The van der Waals surface area contributed by atoms with Gasteiger partial charge >= 0.3 is 0 Å². The highest BCUT2D eigenvalue weighted by molar-refractivity contribution is 14.0. The SMILES string of the molecule is CCNC(=NCCCOC(C)c1ccccc1)NCCCCNc1ccccn1.I. The Kier molecular flexibility index (Phi) is 14.7. The lowest BCUT2D eigenvalue weighted by Crippen LogP contribution is -2.38. The summed E-state index contributed by atoms with van der Waals surface area (Å²) in [7, 11) is 0. The second kappa shape index (κ2) is 16.9. The highest BCUT2D eigenvalue weighted by Gasteiger charge is 2.04. The summed E-state index contributed by atoms with van der Waals surface area (Å²) in [6.07, 6.45) is 4.97. The zero-order chi connectivity index (χ0) is 20.6. The van der Waals surface area contributed by atoms with Crippen molar-refractivity contribution in [3.8, 4) is 0 Å². The lowest BCUT2D eigenvalue weighted by atomic mass is 10.1. The van der Waals surface area contributed by atoms with Crippen LogP contribution in [0.1, 0.15) is 44.8 Å². The molecular formula is C23H36IN5O. The van der Waals surface area contributed by atoms with E-state index in [0.717, 1.165) is 57.2 Å². The Labute approximate surface area is 198 Å². The molecule has 7 heteroatoms. The fourth-order valence-electron chi connectivity index (χ4n) is 2.82. The smallest absolute Gasteiger partial charge is 0.191 e. The maximum Gasteiger partial charge on any atom is 0.191 e. The molecule has 0 aliphatic rings. The number of pyridine rings is 1. The van der Waals surface area contributed by atoms with Crippen LogP contribution in [0.4, 0.5) is 5.82 Å². The fraction of sp³-hybridized carbons (Fsp3) is 0.478. The van der Waals surface area contributed by atoms with E-state index in [1.165, 1.54) is 5.56 Å². The molecule has 0 bridgehead atoms. The number of aliphatic imine (C=N–C) groups is 1. The minimum absolute atomic E-state index is 0. The first-order valence-electron chi connectivity index (χ1n) is 10.6. The molecule has 30 heavy (non-hydrogen) atoms. The van der Waals surface area contributed by atoms with Crippen LogP contribution >= 0.6 is 24.0 Å². The molecule has 166 valence electrons. The fourth-order valence-corrected chi connectivity index (χ4v) is 2.82. The van der Waals surface area contributed by atoms with Crippen molar-refractivity contribution >= 4 is 35.8 Å². The van der Waals surface area contributed by atoms with Gasteiger partial charge in [0.1, 0.15) is 5.82 Å². The van der Waals surface area contributed by atoms with Crippen LogP contribution in [0.2, 0.25) is 0 Å². The normalized spacial score (nSPS) is 12.0. The molecule has 1 heterocycles. The third-order valence-electron chi connectivity index (χ3n) is 4.42. The molecule has 3 N–H and O–H groups in total. The molecule has 0 radical (unpaired) electrons. The molecule has 2 rings (SSSR count). The lowest BCUT2D eigenvalue weighted by molar-refractivity contribution is 0.0652. The number of hydrogen-bond donors (Lipinski definition) is 3. The summed E-state index contributed by atoms with van der Waals surface area (Å²) >= 11 is 0. The zero-order valence-electron chi connectivity index (χ0n) is 18.1. The van der Waals surface area contributed by atoms with E-state index in [9.17, 15) is 0 Å². The van der Waals surface area contributed by atoms with Crippen LogP contribution < -0.4 is 16.0 Å². The van der Waals surface area contributed by atoms with Crippen LogP contribution in [-0.2, 0) is 4.74 Å². The van der Waals surface area contributed by atoms with Gasteiger partial charge in [0.25, 0.3) is 0 Å². The van der Waals surface area contributed by atoms with Crippen molar-refractivity contribution < 1.29 is 4.74 Å². The van der Waals surface area contributed by atoms with E-state index in [2.05, 4.69) is 51.9 Å². The molecule has 1 unspecified atom stereocenters. The number of ether oxygens (including phenoxy) is 1. The van der Waals surface area contributed by atoms with Gasteiger partial charge in [0, 0.05) is 39.0 Å². The first-order chi connectivity index (χ1) is 14.3. The molecule has 1 aromatic carbocycles. The zero-order valence-corrected chi connectivity index (χ0v) is 20.5. The number of hydrogen-bond acceptors (Lipinski definition) is 4. The van der Waals surface area contributed by atoms with Crippen LogP contribution in [0.3, 0.4) is 0 Å². The van der Waals surface area contributed by atoms with Crippen LogP contribution in [-0.4, -0.2) is 43.7 Å². The predicted octanol–water partition coefficient (Wildman–Crippen LogP) is 4.61. The van der Waals surface area contributed by atoms with E-state index in [-0.39, 0.29) is 30.1 Å². The predicted molar refractivity (Wildman–Crippen MR) is 137 cm³/mol. The molecule has 0 saturated carbocycles. The molecule has 0 spiro atoms. The highest BCUT2D eigenvalue weighted by atomic mass is 127. The van der Waals surface area contributed by atoms with E-state index in [4.69, 9.17) is 4.74 Å². The van der Waals surface area contributed by atoms with Gasteiger partial charge in [-0.1, -0.05) is 36.4 Å². The van der Waals surface area contributed by atoms with Crippen LogP contribution in [0.25, 0.3) is 0 Å². The maximum atomic E-state index is 5.91. The second-order valence-corrected chi connectivity index (χ2v) is 6.81. The van der Waals surface area contributed by atoms with Gasteiger partial charge in [-0.2, -0.15) is 0 Å². The number of unbranched alkanes of at least 4 members (excludes halogenated alkanes) is 1. The largest absolute Gasteiger partial charge is 0.374 e. The monoisotopic (exact) mass is 525 g/mol. The Balaban J connectivity index is 0.00000450. The Bertz CT molecular complexity index is 685. The summed E-state index contributed by atoms with van der Waals surface area (Å²) < 4.78 is 5.91. The number of benzene rings is 1. The molecule has 0 aliphatic carbocycles. The Morgan fingerprint density at radius 3 is 2.50 bits per heavy atom. The van der Waals surface area contributed by atoms with Crippen molar-refractivity contribution in [1.29, 1.82) is 0 Å². The molecule has 2 aromatic rings. The molecule has 1 aromatic heterocycles. The van der Waals surface area contributed by atoms with Gasteiger partial charge in [-0.15, -0.1) is 24.0 Å². The second-order valence-electron chi connectivity index (χ2n) is 6.81. The minimum Gasteiger partial charge on any atom is -0.374 e. The molecule has 0 amide bonds. The summed E-state index contributed by atoms with van der Waals surface area (Å²) in [5, 5.41) is 10.0. The summed E-state index contributed by atoms with van der Waals surface area (Å²) in [4.78, 5) is 8.90. The minimum atomic E-state index is 0. The maximum absolute atomic E-state index is 5.91. The summed E-state index contributed by atoms with van der Waals surface area (Å²) in [5.41, 5.74) is 1.21. The van der Waals surface area contributed by atoms with Gasteiger partial charge in [0.15, 0.2) is 5.96 Å². The van der Waals surface area contributed by atoms with Crippen LogP contribution in [0.5, 0.6) is 0 Å². The van der Waals surface area contributed by atoms with Crippen LogP contribution in [0, 0.1) is 0 Å². The van der Waals surface area contributed by atoms with Crippen LogP contribution in [0.15, 0.2) is 59.7 Å². The molecule has 0 fully saturated rings. The van der Waals surface area contributed by atoms with E-state index >= 15 is 0 Å². The third kappa shape index (κ3) is 11.3. The number of guanidine groups is 1. The van der Waals surface area contributed by atoms with Gasteiger partial charge in [0.05, 0.1) is 6.10 Å². The summed E-state index contributed by atoms with van der Waals surface area (Å²) in [6.45, 7) is 8.30. The average molecular weight is 525 g/mol. The standard InChI is InChI=1S/C23H35N5O.HI/c1-3-24-23(27-17-10-9-16-26-22-14-7-8-15-25-22)28-18-11-19-29-20(2)21-12-5-4-6-13-21;/h4-8,12-15,20H,3,9-11,16-19H2,1-2H3,(H,25,26)(H2,24,27,28);1H. The number of halogens is 1.